The Morgan fingerprint density at radius 3 is 3.07 bits per heavy atom. The zero-order valence-electron chi connectivity index (χ0n) is 15.6. The van der Waals surface area contributed by atoms with E-state index in [2.05, 4.69) is 26.7 Å². The van der Waals surface area contributed by atoms with E-state index >= 15 is 0 Å². The summed E-state index contributed by atoms with van der Waals surface area (Å²) >= 11 is 5.02. The molecule has 3 aromatic rings. The van der Waals surface area contributed by atoms with Crippen LogP contribution in [-0.2, 0) is 29.8 Å². The van der Waals surface area contributed by atoms with Crippen LogP contribution in [0.2, 0.25) is 0 Å². The Morgan fingerprint density at radius 2 is 2.21 bits per heavy atom. The van der Waals surface area contributed by atoms with Crippen LogP contribution in [0.5, 0.6) is 0 Å². The lowest BCUT2D eigenvalue weighted by Crippen LogP contribution is -2.25. The van der Waals surface area contributed by atoms with E-state index < -0.39 is 0 Å². The van der Waals surface area contributed by atoms with Crippen molar-refractivity contribution >= 4 is 50.6 Å². The van der Waals surface area contributed by atoms with Gasteiger partial charge in [-0.05, 0) is 49.1 Å². The van der Waals surface area contributed by atoms with Crippen molar-refractivity contribution in [2.75, 3.05) is 12.3 Å². The van der Waals surface area contributed by atoms with Crippen LogP contribution >= 0.6 is 34.4 Å². The monoisotopic (exact) mass is 433 g/mol. The fourth-order valence-electron chi connectivity index (χ4n) is 3.48. The molecular formula is C20H23N3O2S3. The standard InChI is InChI=1S/C20H23N3O2S3/c24-17(21-9-7-13-4-3-10-27-13)8-11-26-12-16-22-19(25)18-14-5-1-2-6-15(14)28-20(18)23-16/h3-4,10H,1-2,5-9,11-12H2,(H,21,24)(H,22,23,25). The highest BCUT2D eigenvalue weighted by Gasteiger charge is 2.19. The van der Waals surface area contributed by atoms with Gasteiger partial charge in [-0.25, -0.2) is 4.98 Å². The predicted octanol–water partition coefficient (Wildman–Crippen LogP) is 3.91. The first-order valence-electron chi connectivity index (χ1n) is 9.61. The Labute approximate surface area is 176 Å². The van der Waals surface area contributed by atoms with Gasteiger partial charge >= 0.3 is 0 Å². The van der Waals surface area contributed by atoms with Gasteiger partial charge in [-0.2, -0.15) is 11.8 Å². The number of carbonyl (C=O) groups is 1. The fourth-order valence-corrected chi connectivity index (χ4v) is 6.27. The topological polar surface area (TPSA) is 74.8 Å². The summed E-state index contributed by atoms with van der Waals surface area (Å²) in [6.45, 7) is 0.679. The number of rotatable bonds is 8. The zero-order chi connectivity index (χ0) is 19.3. The SMILES string of the molecule is O=C(CCSCc1nc2sc3c(c2c(=O)[nH]1)CCCC3)NCCc1cccs1. The van der Waals surface area contributed by atoms with Crippen LogP contribution in [0, 0.1) is 0 Å². The minimum absolute atomic E-state index is 0.00804. The van der Waals surface area contributed by atoms with Crippen molar-refractivity contribution < 1.29 is 4.79 Å². The Morgan fingerprint density at radius 1 is 1.32 bits per heavy atom. The van der Waals surface area contributed by atoms with E-state index in [1.165, 1.54) is 21.7 Å². The first kappa shape index (κ1) is 19.7. The third kappa shape index (κ3) is 4.67. The number of thiophene rings is 2. The molecule has 2 N–H and O–H groups in total. The molecule has 1 amide bonds. The van der Waals surface area contributed by atoms with Crippen LogP contribution in [0.4, 0.5) is 0 Å². The average molecular weight is 434 g/mol. The molecule has 0 fully saturated rings. The Kier molecular flexibility index (Phi) is 6.49. The highest BCUT2D eigenvalue weighted by Crippen LogP contribution is 2.33. The van der Waals surface area contributed by atoms with E-state index in [4.69, 9.17) is 0 Å². The van der Waals surface area contributed by atoms with Crippen molar-refractivity contribution in [1.29, 1.82) is 0 Å². The summed E-state index contributed by atoms with van der Waals surface area (Å²) in [5.41, 5.74) is 1.21. The van der Waals surface area contributed by atoms with E-state index in [1.807, 2.05) is 6.07 Å². The molecular weight excluding hydrogens is 410 g/mol. The maximum absolute atomic E-state index is 12.5. The smallest absolute Gasteiger partial charge is 0.259 e. The van der Waals surface area contributed by atoms with Gasteiger partial charge in [0.25, 0.3) is 5.56 Å². The molecule has 8 heteroatoms. The van der Waals surface area contributed by atoms with Gasteiger partial charge < -0.3 is 10.3 Å². The van der Waals surface area contributed by atoms with E-state index in [0.29, 0.717) is 30.3 Å². The fraction of sp³-hybridized carbons (Fsp3) is 0.450. The van der Waals surface area contributed by atoms with Crippen molar-refractivity contribution in [2.24, 2.45) is 0 Å². The number of aromatic amines is 1. The molecule has 0 radical (unpaired) electrons. The number of aryl methyl sites for hydroxylation is 2. The number of aromatic nitrogens is 2. The number of H-pyrrole nitrogens is 1. The normalized spacial score (nSPS) is 13.6. The van der Waals surface area contributed by atoms with Gasteiger partial charge in [-0.15, -0.1) is 22.7 Å². The molecule has 3 aromatic heterocycles. The molecule has 1 aliphatic carbocycles. The van der Waals surface area contributed by atoms with E-state index in [0.717, 1.165) is 35.9 Å². The Balaban J connectivity index is 1.25. The number of amides is 1. The number of nitrogens with one attached hydrogen (secondary N) is 2. The highest BCUT2D eigenvalue weighted by molar-refractivity contribution is 7.98. The summed E-state index contributed by atoms with van der Waals surface area (Å²) in [7, 11) is 0. The number of hydrogen-bond donors (Lipinski definition) is 2. The summed E-state index contributed by atoms with van der Waals surface area (Å²) in [6, 6.07) is 4.11. The molecule has 1 aliphatic rings. The number of hydrogen-bond acceptors (Lipinski definition) is 6. The van der Waals surface area contributed by atoms with Gasteiger partial charge in [0.05, 0.1) is 11.1 Å². The number of carbonyl (C=O) groups excluding carboxylic acids is 1. The summed E-state index contributed by atoms with van der Waals surface area (Å²) in [4.78, 5) is 35.6. The molecule has 4 rings (SSSR count). The lowest BCUT2D eigenvalue weighted by Gasteiger charge is -2.09. The van der Waals surface area contributed by atoms with Gasteiger partial charge in [0, 0.05) is 28.5 Å². The van der Waals surface area contributed by atoms with Crippen molar-refractivity contribution in [1.82, 2.24) is 15.3 Å². The van der Waals surface area contributed by atoms with E-state index in [-0.39, 0.29) is 11.5 Å². The third-order valence-corrected chi connectivity index (χ3v) is 7.95. The van der Waals surface area contributed by atoms with Gasteiger partial charge in [-0.1, -0.05) is 6.07 Å². The second-order valence-electron chi connectivity index (χ2n) is 6.89. The summed E-state index contributed by atoms with van der Waals surface area (Å²) in [6.07, 6.45) is 5.79. The molecule has 0 saturated heterocycles. The molecule has 0 aliphatic heterocycles. The van der Waals surface area contributed by atoms with Crippen LogP contribution in [0.15, 0.2) is 22.3 Å². The Hall–Kier alpha value is -1.64. The van der Waals surface area contributed by atoms with Gasteiger partial charge in [0.15, 0.2) is 0 Å². The minimum atomic E-state index is -0.00804. The summed E-state index contributed by atoms with van der Waals surface area (Å²) in [5, 5.41) is 5.82. The first-order chi connectivity index (χ1) is 13.7. The molecule has 148 valence electrons. The quantitative estimate of drug-likeness (QED) is 0.528. The van der Waals surface area contributed by atoms with Crippen LogP contribution in [-0.4, -0.2) is 28.2 Å². The molecule has 0 bridgehead atoms. The predicted molar refractivity (Wildman–Crippen MR) is 119 cm³/mol. The minimum Gasteiger partial charge on any atom is -0.356 e. The number of fused-ring (bicyclic) bond motifs is 3. The molecule has 3 heterocycles. The molecule has 5 nitrogen and oxygen atoms in total. The van der Waals surface area contributed by atoms with Gasteiger partial charge in [0.2, 0.25) is 5.91 Å². The molecule has 0 saturated carbocycles. The van der Waals surface area contributed by atoms with Gasteiger partial charge in [0.1, 0.15) is 10.7 Å². The second-order valence-corrected chi connectivity index (χ2v) is 10.1. The third-order valence-electron chi connectivity index (χ3n) is 4.86. The van der Waals surface area contributed by atoms with Crippen LogP contribution in [0.3, 0.4) is 0 Å². The lowest BCUT2D eigenvalue weighted by atomic mass is 9.97. The highest BCUT2D eigenvalue weighted by atomic mass is 32.2. The maximum Gasteiger partial charge on any atom is 0.259 e. The van der Waals surface area contributed by atoms with Crippen molar-refractivity contribution in [3.8, 4) is 0 Å². The molecule has 28 heavy (non-hydrogen) atoms. The van der Waals surface area contributed by atoms with E-state index in [9.17, 15) is 9.59 Å². The molecule has 0 atom stereocenters. The largest absolute Gasteiger partial charge is 0.356 e. The zero-order valence-corrected chi connectivity index (χ0v) is 18.0. The molecule has 0 unspecified atom stereocenters. The average Bonchev–Trinajstić information content (AvgIpc) is 3.32. The van der Waals surface area contributed by atoms with Crippen LogP contribution < -0.4 is 10.9 Å². The maximum atomic E-state index is 12.5. The first-order valence-corrected chi connectivity index (χ1v) is 12.5. The molecule has 0 spiro atoms. The van der Waals surface area contributed by atoms with Crippen LogP contribution in [0.1, 0.15) is 40.4 Å². The summed E-state index contributed by atoms with van der Waals surface area (Å²) < 4.78 is 0. The van der Waals surface area contributed by atoms with Gasteiger partial charge in [-0.3, -0.25) is 9.59 Å². The second kappa shape index (κ2) is 9.24. The summed E-state index contributed by atoms with van der Waals surface area (Å²) in [5.74, 6) is 2.12. The van der Waals surface area contributed by atoms with Crippen molar-refractivity contribution in [3.63, 3.8) is 0 Å². The Bertz CT molecular complexity index is 1010. The van der Waals surface area contributed by atoms with Crippen molar-refractivity contribution in [3.05, 3.63) is 49.0 Å². The number of thioether (sulfide) groups is 1. The number of nitrogens with zero attached hydrogens (tertiary/aromatic N) is 1. The van der Waals surface area contributed by atoms with Crippen LogP contribution in [0.25, 0.3) is 10.2 Å². The lowest BCUT2D eigenvalue weighted by molar-refractivity contribution is -0.120. The van der Waals surface area contributed by atoms with Crippen molar-refractivity contribution in [2.45, 2.75) is 44.3 Å². The van der Waals surface area contributed by atoms with E-state index in [1.54, 1.807) is 34.4 Å². The molecule has 0 aromatic carbocycles.